The lowest BCUT2D eigenvalue weighted by molar-refractivity contribution is 0.373. The fourth-order valence-electron chi connectivity index (χ4n) is 1.88. The highest BCUT2D eigenvalue weighted by molar-refractivity contribution is 5.14. The zero-order valence-electron chi connectivity index (χ0n) is 11.7. The first-order valence-electron chi connectivity index (χ1n) is 6.90. The summed E-state index contributed by atoms with van der Waals surface area (Å²) in [5, 5.41) is 15.6. The van der Waals surface area contributed by atoms with Gasteiger partial charge in [-0.15, -0.1) is 0 Å². The van der Waals surface area contributed by atoms with Crippen molar-refractivity contribution < 1.29 is 0 Å². The molecule has 1 aromatic rings. The van der Waals surface area contributed by atoms with Crippen molar-refractivity contribution in [1.82, 2.24) is 15.5 Å². The molecule has 0 amide bonds. The number of nitrogens with one attached hydrogen (secondary N) is 2. The Morgan fingerprint density at radius 2 is 1.84 bits per heavy atom. The monoisotopic (exact) mass is 260 g/mol. The van der Waals surface area contributed by atoms with Gasteiger partial charge in [0.25, 0.3) is 0 Å². The molecule has 1 rings (SSSR count). The van der Waals surface area contributed by atoms with E-state index >= 15 is 0 Å². The molecule has 0 aliphatic carbocycles. The van der Waals surface area contributed by atoms with Crippen molar-refractivity contribution in [2.24, 2.45) is 0 Å². The molecule has 19 heavy (non-hydrogen) atoms. The van der Waals surface area contributed by atoms with E-state index in [0.717, 1.165) is 39.0 Å². The summed E-state index contributed by atoms with van der Waals surface area (Å²) in [6.45, 7) is 4.57. The van der Waals surface area contributed by atoms with Gasteiger partial charge in [0.15, 0.2) is 6.19 Å². The van der Waals surface area contributed by atoms with Crippen LogP contribution >= 0.6 is 0 Å². The van der Waals surface area contributed by atoms with Gasteiger partial charge < -0.3 is 15.5 Å². The zero-order chi connectivity index (χ0) is 13.8. The van der Waals surface area contributed by atoms with Gasteiger partial charge >= 0.3 is 0 Å². The van der Waals surface area contributed by atoms with E-state index in [0.29, 0.717) is 6.54 Å². The molecule has 0 heterocycles. The van der Waals surface area contributed by atoms with Crippen LogP contribution in [0.1, 0.15) is 18.4 Å². The van der Waals surface area contributed by atoms with E-state index in [1.54, 1.807) is 0 Å². The van der Waals surface area contributed by atoms with Gasteiger partial charge in [-0.1, -0.05) is 30.3 Å². The van der Waals surface area contributed by atoms with Crippen LogP contribution < -0.4 is 10.6 Å². The topological polar surface area (TPSA) is 51.1 Å². The Hall–Kier alpha value is -1.57. The van der Waals surface area contributed by atoms with Gasteiger partial charge in [-0.05, 0) is 45.1 Å². The van der Waals surface area contributed by atoms with E-state index in [1.165, 1.54) is 5.56 Å². The predicted octanol–water partition coefficient (Wildman–Crippen LogP) is 1.56. The summed E-state index contributed by atoms with van der Waals surface area (Å²) in [7, 11) is 1.97. The predicted molar refractivity (Wildman–Crippen MR) is 78.5 cm³/mol. The SMILES string of the molecule is CNCCCNCCCN(C#N)Cc1ccccc1. The summed E-state index contributed by atoms with van der Waals surface area (Å²) >= 11 is 0. The van der Waals surface area contributed by atoms with Crippen LogP contribution in [0, 0.1) is 11.5 Å². The molecule has 2 N–H and O–H groups in total. The molecular weight excluding hydrogens is 236 g/mol. The second-order valence-corrected chi connectivity index (χ2v) is 4.57. The summed E-state index contributed by atoms with van der Waals surface area (Å²) < 4.78 is 0. The summed E-state index contributed by atoms with van der Waals surface area (Å²) in [5.41, 5.74) is 1.19. The third-order valence-corrected chi connectivity index (χ3v) is 2.92. The minimum atomic E-state index is 0.705. The molecule has 4 heteroatoms. The molecule has 0 spiro atoms. The highest BCUT2D eigenvalue weighted by atomic mass is 15.1. The first kappa shape index (κ1) is 15.5. The first-order chi connectivity index (χ1) is 9.36. The number of hydrogen-bond donors (Lipinski definition) is 2. The number of benzene rings is 1. The van der Waals surface area contributed by atoms with E-state index in [-0.39, 0.29) is 0 Å². The maximum atomic E-state index is 9.11. The van der Waals surface area contributed by atoms with Crippen LogP contribution in [0.2, 0.25) is 0 Å². The fraction of sp³-hybridized carbons (Fsp3) is 0.533. The van der Waals surface area contributed by atoms with E-state index in [1.807, 2.05) is 30.1 Å². The minimum absolute atomic E-state index is 0.705. The lowest BCUT2D eigenvalue weighted by atomic mass is 10.2. The van der Waals surface area contributed by atoms with Crippen molar-refractivity contribution in [2.75, 3.05) is 33.2 Å². The van der Waals surface area contributed by atoms with Crippen LogP contribution in [0.4, 0.5) is 0 Å². The van der Waals surface area contributed by atoms with Gasteiger partial charge in [-0.3, -0.25) is 0 Å². The third kappa shape index (κ3) is 7.45. The lowest BCUT2D eigenvalue weighted by Crippen LogP contribution is -2.25. The molecule has 0 aromatic heterocycles. The molecular formula is C15H24N4. The Kier molecular flexibility index (Phi) is 8.45. The van der Waals surface area contributed by atoms with E-state index < -0.39 is 0 Å². The summed E-state index contributed by atoms with van der Waals surface area (Å²) in [4.78, 5) is 1.81. The molecule has 1 aromatic carbocycles. The Bertz CT molecular complexity index is 358. The Morgan fingerprint density at radius 1 is 1.11 bits per heavy atom. The maximum absolute atomic E-state index is 9.11. The van der Waals surface area contributed by atoms with Crippen LogP contribution in [0.5, 0.6) is 0 Å². The smallest absolute Gasteiger partial charge is 0.179 e. The summed E-state index contributed by atoms with van der Waals surface area (Å²) in [5.74, 6) is 0. The molecule has 0 atom stereocenters. The largest absolute Gasteiger partial charge is 0.320 e. The molecule has 0 saturated heterocycles. The molecule has 0 unspecified atom stereocenters. The van der Waals surface area contributed by atoms with Gasteiger partial charge in [0, 0.05) is 6.54 Å². The van der Waals surface area contributed by atoms with Gasteiger partial charge in [0.2, 0.25) is 0 Å². The normalized spacial score (nSPS) is 10.1. The van der Waals surface area contributed by atoms with Crippen LogP contribution in [-0.4, -0.2) is 38.1 Å². The van der Waals surface area contributed by atoms with E-state index in [2.05, 4.69) is 29.0 Å². The second kappa shape index (κ2) is 10.4. The molecule has 0 bridgehead atoms. The highest BCUT2D eigenvalue weighted by Gasteiger charge is 2.02. The quantitative estimate of drug-likeness (QED) is 0.381. The molecule has 104 valence electrons. The Labute approximate surface area is 116 Å². The Balaban J connectivity index is 2.11. The molecule has 0 saturated carbocycles. The summed E-state index contributed by atoms with van der Waals surface area (Å²) in [6.07, 6.45) is 4.40. The van der Waals surface area contributed by atoms with Gasteiger partial charge in [-0.2, -0.15) is 5.26 Å². The molecule has 0 fully saturated rings. The molecule has 4 nitrogen and oxygen atoms in total. The van der Waals surface area contributed by atoms with Gasteiger partial charge in [0.05, 0.1) is 6.54 Å². The van der Waals surface area contributed by atoms with E-state index in [9.17, 15) is 0 Å². The number of rotatable bonds is 10. The van der Waals surface area contributed by atoms with Crippen molar-refractivity contribution in [3.63, 3.8) is 0 Å². The van der Waals surface area contributed by atoms with Gasteiger partial charge in [-0.25, -0.2) is 0 Å². The number of hydrogen-bond acceptors (Lipinski definition) is 4. The summed E-state index contributed by atoms with van der Waals surface area (Å²) in [6, 6.07) is 10.1. The number of nitrogens with zero attached hydrogens (tertiary/aromatic N) is 2. The second-order valence-electron chi connectivity index (χ2n) is 4.57. The van der Waals surface area contributed by atoms with Crippen LogP contribution in [0.15, 0.2) is 30.3 Å². The van der Waals surface area contributed by atoms with Crippen LogP contribution in [0.25, 0.3) is 0 Å². The molecule has 0 radical (unpaired) electrons. The number of nitriles is 1. The fourth-order valence-corrected chi connectivity index (χ4v) is 1.88. The van der Waals surface area contributed by atoms with Crippen molar-refractivity contribution in [1.29, 1.82) is 5.26 Å². The van der Waals surface area contributed by atoms with E-state index in [4.69, 9.17) is 5.26 Å². The lowest BCUT2D eigenvalue weighted by Gasteiger charge is -2.15. The van der Waals surface area contributed by atoms with Crippen LogP contribution in [0.3, 0.4) is 0 Å². The highest BCUT2D eigenvalue weighted by Crippen LogP contribution is 2.03. The standard InChI is InChI=1S/C15H24N4/c1-17-9-5-10-18-11-6-12-19(14-16)13-15-7-3-2-4-8-15/h2-4,7-8,17-18H,5-6,9-13H2,1H3. The van der Waals surface area contributed by atoms with Crippen molar-refractivity contribution in [2.45, 2.75) is 19.4 Å². The minimum Gasteiger partial charge on any atom is -0.320 e. The zero-order valence-corrected chi connectivity index (χ0v) is 11.7. The first-order valence-corrected chi connectivity index (χ1v) is 6.90. The molecule has 0 aliphatic rings. The average Bonchev–Trinajstić information content (AvgIpc) is 2.46. The van der Waals surface area contributed by atoms with Gasteiger partial charge in [0.1, 0.15) is 0 Å². The van der Waals surface area contributed by atoms with Crippen molar-refractivity contribution >= 4 is 0 Å². The average molecular weight is 260 g/mol. The Morgan fingerprint density at radius 3 is 2.53 bits per heavy atom. The molecule has 0 aliphatic heterocycles. The van der Waals surface area contributed by atoms with Crippen molar-refractivity contribution in [3.05, 3.63) is 35.9 Å². The van der Waals surface area contributed by atoms with Crippen molar-refractivity contribution in [3.8, 4) is 6.19 Å². The maximum Gasteiger partial charge on any atom is 0.179 e. The van der Waals surface area contributed by atoms with Crippen LogP contribution in [-0.2, 0) is 6.54 Å². The third-order valence-electron chi connectivity index (χ3n) is 2.92.